The van der Waals surface area contributed by atoms with Gasteiger partial charge >= 0.3 is 6.03 Å². The van der Waals surface area contributed by atoms with Crippen LogP contribution in [0.5, 0.6) is 0 Å². The Morgan fingerprint density at radius 2 is 1.92 bits per heavy atom. The molecule has 0 aliphatic heterocycles. The van der Waals surface area contributed by atoms with Crippen LogP contribution in [0.15, 0.2) is 29.2 Å². The first-order chi connectivity index (χ1) is 11.9. The van der Waals surface area contributed by atoms with Gasteiger partial charge in [0.2, 0.25) is 15.9 Å². The Labute approximate surface area is 158 Å². The average molecular weight is 403 g/mol. The number of benzene rings is 1. The number of rotatable bonds is 8. The molecule has 3 amide bonds. The second kappa shape index (κ2) is 9.24. The van der Waals surface area contributed by atoms with Gasteiger partial charge in [-0.05, 0) is 57.4 Å². The number of thioether (sulfide) groups is 1. The van der Waals surface area contributed by atoms with E-state index in [0.717, 1.165) is 0 Å². The summed E-state index contributed by atoms with van der Waals surface area (Å²) in [4.78, 5) is 23.5. The number of hydrogen-bond donors (Lipinski definition) is 4. The number of amides is 3. The third kappa shape index (κ3) is 7.63. The van der Waals surface area contributed by atoms with Crippen LogP contribution in [0.2, 0.25) is 0 Å². The van der Waals surface area contributed by atoms with E-state index < -0.39 is 33.5 Å². The molecular weight excluding hydrogens is 376 g/mol. The average Bonchev–Trinajstić information content (AvgIpc) is 2.49. The second-order valence-corrected chi connectivity index (χ2v) is 9.38. The summed E-state index contributed by atoms with van der Waals surface area (Å²) in [6.07, 6.45) is 2.29. The van der Waals surface area contributed by atoms with Crippen molar-refractivity contribution in [2.45, 2.75) is 43.7 Å². The van der Waals surface area contributed by atoms with Gasteiger partial charge in [0, 0.05) is 11.2 Å². The highest BCUT2D eigenvalue weighted by atomic mass is 32.2. The Balaban J connectivity index is 2.96. The molecule has 0 saturated carbocycles. The van der Waals surface area contributed by atoms with Crippen molar-refractivity contribution in [2.24, 2.45) is 5.73 Å². The van der Waals surface area contributed by atoms with E-state index in [1.807, 2.05) is 6.26 Å². The van der Waals surface area contributed by atoms with Crippen molar-refractivity contribution in [3.63, 3.8) is 0 Å². The monoisotopic (exact) mass is 402 g/mol. The second-order valence-electron chi connectivity index (χ2n) is 6.72. The molecule has 8 nitrogen and oxygen atoms in total. The Hall–Kier alpha value is -1.78. The van der Waals surface area contributed by atoms with E-state index in [2.05, 4.69) is 15.4 Å². The summed E-state index contributed by atoms with van der Waals surface area (Å²) in [5.74, 6) is 0.193. The number of anilines is 1. The standard InChI is InChI=1S/C16H26N4O4S2/c1-16(2,3)20-26(23,24)12-7-5-6-11(10-12)18-14(21)13(8-9-25-4)19-15(17)22/h5-7,10,13,20H,8-9H2,1-4H3,(H,18,21)(H3,17,19,22)/t13-/m0/s1. The van der Waals surface area contributed by atoms with Crippen LogP contribution in [0.3, 0.4) is 0 Å². The minimum absolute atomic E-state index is 0.0359. The maximum Gasteiger partial charge on any atom is 0.312 e. The predicted molar refractivity (Wildman–Crippen MR) is 105 cm³/mol. The number of carbonyl (C=O) groups excluding carboxylic acids is 2. The highest BCUT2D eigenvalue weighted by Crippen LogP contribution is 2.18. The fraction of sp³-hybridized carbons (Fsp3) is 0.500. The van der Waals surface area contributed by atoms with Crippen molar-refractivity contribution in [1.29, 1.82) is 0 Å². The lowest BCUT2D eigenvalue weighted by atomic mass is 10.1. The highest BCUT2D eigenvalue weighted by Gasteiger charge is 2.23. The van der Waals surface area contributed by atoms with Gasteiger partial charge < -0.3 is 16.4 Å². The number of carbonyl (C=O) groups is 2. The fourth-order valence-corrected chi connectivity index (χ4v) is 4.04. The first kappa shape index (κ1) is 22.3. The molecule has 0 unspecified atom stereocenters. The molecule has 0 bridgehead atoms. The molecule has 0 fully saturated rings. The summed E-state index contributed by atoms with van der Waals surface area (Å²) >= 11 is 1.53. The molecule has 0 heterocycles. The Kier molecular flexibility index (Phi) is 7.91. The van der Waals surface area contributed by atoms with E-state index in [9.17, 15) is 18.0 Å². The van der Waals surface area contributed by atoms with Crippen LogP contribution in [0.25, 0.3) is 0 Å². The number of hydrogen-bond acceptors (Lipinski definition) is 5. The Morgan fingerprint density at radius 1 is 1.27 bits per heavy atom. The maximum absolute atomic E-state index is 12.4. The van der Waals surface area contributed by atoms with Crippen molar-refractivity contribution >= 4 is 39.4 Å². The number of primary amides is 1. The van der Waals surface area contributed by atoms with Crippen LogP contribution in [-0.4, -0.2) is 43.9 Å². The van der Waals surface area contributed by atoms with Gasteiger partial charge in [-0.15, -0.1) is 0 Å². The zero-order chi connectivity index (χ0) is 20.0. The lowest BCUT2D eigenvalue weighted by molar-refractivity contribution is -0.117. The van der Waals surface area contributed by atoms with Crippen LogP contribution < -0.4 is 21.1 Å². The fourth-order valence-electron chi connectivity index (χ4n) is 2.11. The Morgan fingerprint density at radius 3 is 2.46 bits per heavy atom. The lowest BCUT2D eigenvalue weighted by Gasteiger charge is -2.21. The first-order valence-electron chi connectivity index (χ1n) is 7.94. The molecule has 146 valence electrons. The van der Waals surface area contributed by atoms with Gasteiger partial charge in [0.1, 0.15) is 6.04 Å². The van der Waals surface area contributed by atoms with Crippen molar-refractivity contribution in [1.82, 2.24) is 10.0 Å². The van der Waals surface area contributed by atoms with Gasteiger partial charge in [-0.3, -0.25) is 4.79 Å². The van der Waals surface area contributed by atoms with E-state index >= 15 is 0 Å². The van der Waals surface area contributed by atoms with Crippen molar-refractivity contribution in [2.75, 3.05) is 17.3 Å². The summed E-state index contributed by atoms with van der Waals surface area (Å²) in [5.41, 5.74) is 4.79. The number of urea groups is 1. The topological polar surface area (TPSA) is 130 Å². The van der Waals surface area contributed by atoms with E-state index in [0.29, 0.717) is 17.9 Å². The molecule has 1 aromatic carbocycles. The zero-order valence-electron chi connectivity index (χ0n) is 15.3. The van der Waals surface area contributed by atoms with Gasteiger partial charge in [0.05, 0.1) is 4.90 Å². The third-order valence-corrected chi connectivity index (χ3v) is 5.50. The third-order valence-electron chi connectivity index (χ3n) is 3.10. The van der Waals surface area contributed by atoms with Gasteiger partial charge in [-0.25, -0.2) is 17.9 Å². The highest BCUT2D eigenvalue weighted by molar-refractivity contribution is 7.98. The SMILES string of the molecule is CSCC[C@H](NC(N)=O)C(=O)Nc1cccc(S(=O)(=O)NC(C)(C)C)c1. The van der Waals surface area contributed by atoms with Crippen LogP contribution in [-0.2, 0) is 14.8 Å². The lowest BCUT2D eigenvalue weighted by Crippen LogP contribution is -2.46. The molecule has 26 heavy (non-hydrogen) atoms. The molecule has 5 N–H and O–H groups in total. The number of nitrogens with one attached hydrogen (secondary N) is 3. The van der Waals surface area contributed by atoms with Crippen molar-refractivity contribution in [3.05, 3.63) is 24.3 Å². The minimum atomic E-state index is -3.72. The van der Waals surface area contributed by atoms with Gasteiger partial charge in [-0.1, -0.05) is 6.07 Å². The van der Waals surface area contributed by atoms with E-state index in [1.165, 1.54) is 30.0 Å². The number of sulfonamides is 1. The van der Waals surface area contributed by atoms with Gasteiger partial charge in [-0.2, -0.15) is 11.8 Å². The first-order valence-corrected chi connectivity index (χ1v) is 10.8. The van der Waals surface area contributed by atoms with Crippen molar-refractivity contribution < 1.29 is 18.0 Å². The quantitative estimate of drug-likeness (QED) is 0.523. The summed E-state index contributed by atoms with van der Waals surface area (Å²) in [7, 11) is -3.72. The van der Waals surface area contributed by atoms with Crippen LogP contribution >= 0.6 is 11.8 Å². The van der Waals surface area contributed by atoms with Crippen LogP contribution in [0, 0.1) is 0 Å². The van der Waals surface area contributed by atoms with Gasteiger partial charge in [0.15, 0.2) is 0 Å². The molecule has 1 rings (SSSR count). The van der Waals surface area contributed by atoms with E-state index in [-0.39, 0.29) is 4.90 Å². The molecule has 0 radical (unpaired) electrons. The molecule has 0 aromatic heterocycles. The molecule has 1 atom stereocenters. The largest absolute Gasteiger partial charge is 0.352 e. The Bertz CT molecular complexity index is 745. The zero-order valence-corrected chi connectivity index (χ0v) is 17.0. The number of nitrogens with two attached hydrogens (primary N) is 1. The van der Waals surface area contributed by atoms with Crippen LogP contribution in [0.1, 0.15) is 27.2 Å². The molecule has 0 saturated heterocycles. The summed E-state index contributed by atoms with van der Waals surface area (Å²) < 4.78 is 27.4. The summed E-state index contributed by atoms with van der Waals surface area (Å²) in [6, 6.07) is 4.32. The molecular formula is C16H26N4O4S2. The maximum atomic E-state index is 12.4. The minimum Gasteiger partial charge on any atom is -0.352 e. The van der Waals surface area contributed by atoms with E-state index in [4.69, 9.17) is 5.73 Å². The van der Waals surface area contributed by atoms with Gasteiger partial charge in [0.25, 0.3) is 0 Å². The summed E-state index contributed by atoms with van der Waals surface area (Å²) in [5, 5.41) is 5.01. The molecule has 0 spiro atoms. The normalized spacial score (nSPS) is 13.1. The van der Waals surface area contributed by atoms with Crippen molar-refractivity contribution in [3.8, 4) is 0 Å². The summed E-state index contributed by atoms with van der Waals surface area (Å²) in [6.45, 7) is 5.21. The smallest absolute Gasteiger partial charge is 0.312 e. The van der Waals surface area contributed by atoms with E-state index in [1.54, 1.807) is 26.8 Å². The molecule has 10 heteroatoms. The molecule has 0 aliphatic rings. The molecule has 1 aromatic rings. The molecule has 0 aliphatic carbocycles. The van der Waals surface area contributed by atoms with Crippen LogP contribution in [0.4, 0.5) is 10.5 Å². The predicted octanol–water partition coefficient (Wildman–Crippen LogP) is 1.49.